The van der Waals surface area contributed by atoms with Crippen molar-refractivity contribution < 1.29 is 9.53 Å². The minimum atomic E-state index is -0.186. The average Bonchev–Trinajstić information content (AvgIpc) is 3.38. The minimum absolute atomic E-state index is 0.186. The van der Waals surface area contributed by atoms with Gasteiger partial charge in [0.2, 0.25) is 5.95 Å². The number of amides is 1. The molecule has 1 amide bonds. The molecule has 0 radical (unpaired) electrons. The number of fused-ring (bicyclic) bond motifs is 3. The molecule has 0 atom stereocenters. The number of benzene rings is 2. The van der Waals surface area contributed by atoms with Crippen molar-refractivity contribution in [1.82, 2.24) is 24.6 Å². The van der Waals surface area contributed by atoms with E-state index in [1.165, 1.54) is 0 Å². The molecule has 0 unspecified atom stereocenters. The van der Waals surface area contributed by atoms with Crippen molar-refractivity contribution in [3.05, 3.63) is 70.5 Å². The van der Waals surface area contributed by atoms with Crippen LogP contribution in [0.2, 0.25) is 0 Å². The first-order valence-corrected chi connectivity index (χ1v) is 15.1. The molecule has 1 fully saturated rings. The average molecular weight is 581 g/mol. The number of aryl methyl sites for hydroxylation is 4. The Bertz CT molecular complexity index is 1630. The predicted octanol–water partition coefficient (Wildman–Crippen LogP) is 4.86. The first-order valence-electron chi connectivity index (χ1n) is 15.1. The molecule has 10 heteroatoms. The Morgan fingerprint density at radius 2 is 1.74 bits per heavy atom. The molecule has 10 nitrogen and oxygen atoms in total. The number of rotatable bonds is 8. The number of carbonyl (C=O) groups excluding carboxylic acids is 1. The summed E-state index contributed by atoms with van der Waals surface area (Å²) in [6.07, 6.45) is 5.00. The number of likely N-dealkylation sites (N-methyl/N-ethyl adjacent to an activating group) is 1. The van der Waals surface area contributed by atoms with E-state index in [0.29, 0.717) is 18.1 Å². The number of hydrogen-bond donors (Lipinski definition) is 2. The van der Waals surface area contributed by atoms with E-state index in [-0.39, 0.29) is 5.91 Å². The maximum Gasteiger partial charge on any atom is 0.276 e. The molecule has 224 valence electrons. The van der Waals surface area contributed by atoms with Crippen molar-refractivity contribution in [3.8, 4) is 17.1 Å². The van der Waals surface area contributed by atoms with Gasteiger partial charge in [0.15, 0.2) is 5.69 Å². The zero-order chi connectivity index (χ0) is 30.1. The molecule has 2 aromatic heterocycles. The van der Waals surface area contributed by atoms with Crippen molar-refractivity contribution in [2.75, 3.05) is 55.9 Å². The second-order valence-corrected chi connectivity index (χ2v) is 11.3. The number of nitrogens with zero attached hydrogens (tertiary/aromatic N) is 6. The lowest BCUT2D eigenvalue weighted by Gasteiger charge is -2.34. The van der Waals surface area contributed by atoms with Gasteiger partial charge < -0.3 is 25.2 Å². The maximum absolute atomic E-state index is 13.7. The van der Waals surface area contributed by atoms with Crippen LogP contribution in [0.3, 0.4) is 0 Å². The molecule has 4 aromatic rings. The lowest BCUT2D eigenvalue weighted by molar-refractivity contribution is 0.102. The minimum Gasteiger partial charge on any atom is -0.495 e. The molecular formula is C33H40N8O2. The lowest BCUT2D eigenvalue weighted by Crippen LogP contribution is -2.44. The van der Waals surface area contributed by atoms with Crippen molar-refractivity contribution in [1.29, 1.82) is 0 Å². The van der Waals surface area contributed by atoms with Crippen LogP contribution in [0.15, 0.2) is 42.6 Å². The van der Waals surface area contributed by atoms with Gasteiger partial charge in [0, 0.05) is 56.4 Å². The fraction of sp³-hybridized carbons (Fsp3) is 0.394. The van der Waals surface area contributed by atoms with Gasteiger partial charge in [-0.25, -0.2) is 9.97 Å². The molecule has 0 spiro atoms. The second kappa shape index (κ2) is 12.0. The molecule has 2 aliphatic rings. The largest absolute Gasteiger partial charge is 0.495 e. The van der Waals surface area contributed by atoms with Gasteiger partial charge >= 0.3 is 0 Å². The number of piperazine rings is 1. The van der Waals surface area contributed by atoms with Gasteiger partial charge in [-0.05, 0) is 67.6 Å². The zero-order valence-electron chi connectivity index (χ0n) is 25.7. The summed E-state index contributed by atoms with van der Waals surface area (Å²) in [5, 5.41) is 11.3. The Balaban J connectivity index is 1.30. The van der Waals surface area contributed by atoms with Gasteiger partial charge in [-0.2, -0.15) is 5.10 Å². The number of carbonyl (C=O) groups is 1. The van der Waals surface area contributed by atoms with Crippen LogP contribution in [-0.2, 0) is 32.7 Å². The van der Waals surface area contributed by atoms with Crippen molar-refractivity contribution >= 4 is 28.9 Å². The molecule has 0 saturated carbocycles. The highest BCUT2D eigenvalue weighted by Gasteiger charge is 2.29. The molecule has 2 aromatic carbocycles. The first-order chi connectivity index (χ1) is 20.9. The zero-order valence-corrected chi connectivity index (χ0v) is 25.7. The van der Waals surface area contributed by atoms with Crippen molar-refractivity contribution in [3.63, 3.8) is 0 Å². The maximum atomic E-state index is 13.7. The third-order valence-corrected chi connectivity index (χ3v) is 8.63. The predicted molar refractivity (Wildman–Crippen MR) is 171 cm³/mol. The Labute approximate surface area is 253 Å². The smallest absolute Gasteiger partial charge is 0.276 e. The highest BCUT2D eigenvalue weighted by molar-refractivity contribution is 6.06. The lowest BCUT2D eigenvalue weighted by atomic mass is 9.93. The van der Waals surface area contributed by atoms with Crippen molar-refractivity contribution in [2.24, 2.45) is 7.05 Å². The third-order valence-electron chi connectivity index (χ3n) is 8.63. The standard InChI is InChI=1S/C33H40N8O2/c1-6-21-9-8-10-22(7-2)28(21)36-32(42)30-25-13-11-23-20-34-33(37-29(23)31(25)40(4)38-30)35-26-19-24(12-14-27(26)43-5)41-17-15-39(3)16-18-41/h8-10,12,14,19-20H,6-7,11,13,15-18H2,1-5H3,(H,36,42)(H,34,35,37). The number of anilines is 4. The Hall–Kier alpha value is -4.44. The van der Waals surface area contributed by atoms with E-state index in [1.54, 1.807) is 11.8 Å². The van der Waals surface area contributed by atoms with Gasteiger partial charge in [0.25, 0.3) is 5.91 Å². The van der Waals surface area contributed by atoms with Crippen LogP contribution in [0.1, 0.15) is 46.6 Å². The Kier molecular flexibility index (Phi) is 8.03. The molecular weight excluding hydrogens is 540 g/mol. The van der Waals surface area contributed by atoms with E-state index in [0.717, 1.165) is 102 Å². The summed E-state index contributed by atoms with van der Waals surface area (Å²) in [6, 6.07) is 12.4. The highest BCUT2D eigenvalue weighted by atomic mass is 16.5. The van der Waals surface area contributed by atoms with Crippen LogP contribution in [0.5, 0.6) is 5.75 Å². The number of ether oxygens (including phenoxy) is 1. The summed E-state index contributed by atoms with van der Waals surface area (Å²) in [5.41, 5.74) is 9.14. The van der Waals surface area contributed by atoms with E-state index < -0.39 is 0 Å². The molecule has 3 heterocycles. The molecule has 6 rings (SSSR count). The third kappa shape index (κ3) is 5.54. The summed E-state index contributed by atoms with van der Waals surface area (Å²) in [7, 11) is 5.70. The summed E-state index contributed by atoms with van der Waals surface area (Å²) < 4.78 is 7.45. The SMILES string of the molecule is CCc1cccc(CC)c1NC(=O)c1nn(C)c2c1CCc1cnc(Nc3cc(N4CCN(C)CC4)ccc3OC)nc1-2. The van der Waals surface area contributed by atoms with Crippen LogP contribution in [0.4, 0.5) is 23.0 Å². The summed E-state index contributed by atoms with van der Waals surface area (Å²) >= 11 is 0. The normalized spacial score (nSPS) is 14.7. The summed E-state index contributed by atoms with van der Waals surface area (Å²) in [6.45, 7) is 8.21. The van der Waals surface area contributed by atoms with E-state index >= 15 is 0 Å². The topological polar surface area (TPSA) is 100 Å². The number of aromatic nitrogens is 4. The molecule has 1 aliphatic carbocycles. The van der Waals surface area contributed by atoms with Gasteiger partial charge in [-0.15, -0.1) is 0 Å². The number of nitrogens with one attached hydrogen (secondary N) is 2. The number of methoxy groups -OCH3 is 1. The van der Waals surface area contributed by atoms with Gasteiger partial charge in [0.05, 0.1) is 24.2 Å². The van der Waals surface area contributed by atoms with E-state index in [4.69, 9.17) is 14.8 Å². The van der Waals surface area contributed by atoms with Crippen LogP contribution >= 0.6 is 0 Å². The second-order valence-electron chi connectivity index (χ2n) is 11.3. The first kappa shape index (κ1) is 28.7. The van der Waals surface area contributed by atoms with Gasteiger partial charge in [-0.3, -0.25) is 9.48 Å². The molecule has 2 N–H and O–H groups in total. The Morgan fingerprint density at radius 1 is 1.00 bits per heavy atom. The quantitative estimate of drug-likeness (QED) is 0.305. The van der Waals surface area contributed by atoms with E-state index in [9.17, 15) is 4.79 Å². The van der Waals surface area contributed by atoms with Gasteiger partial charge in [-0.1, -0.05) is 32.0 Å². The van der Waals surface area contributed by atoms with Gasteiger partial charge in [0.1, 0.15) is 5.75 Å². The fourth-order valence-corrected chi connectivity index (χ4v) is 6.15. The number of hydrogen-bond acceptors (Lipinski definition) is 8. The molecule has 1 saturated heterocycles. The summed E-state index contributed by atoms with van der Waals surface area (Å²) in [4.78, 5) is 28.0. The summed E-state index contributed by atoms with van der Waals surface area (Å²) in [5.74, 6) is 1.00. The van der Waals surface area contributed by atoms with E-state index in [2.05, 4.69) is 76.6 Å². The van der Waals surface area contributed by atoms with Crippen LogP contribution in [0, 0.1) is 0 Å². The number of para-hydroxylation sites is 1. The van der Waals surface area contributed by atoms with Crippen molar-refractivity contribution in [2.45, 2.75) is 39.5 Å². The molecule has 0 bridgehead atoms. The van der Waals surface area contributed by atoms with E-state index in [1.807, 2.05) is 19.3 Å². The van der Waals surface area contributed by atoms with Crippen LogP contribution < -0.4 is 20.3 Å². The highest BCUT2D eigenvalue weighted by Crippen LogP contribution is 2.36. The van der Waals surface area contributed by atoms with Crippen LogP contribution in [-0.4, -0.2) is 70.9 Å². The van der Waals surface area contributed by atoms with Crippen LogP contribution in [0.25, 0.3) is 11.4 Å². The molecule has 1 aliphatic heterocycles. The monoisotopic (exact) mass is 580 g/mol. The fourth-order valence-electron chi connectivity index (χ4n) is 6.15. The Morgan fingerprint density at radius 3 is 2.44 bits per heavy atom. The molecule has 43 heavy (non-hydrogen) atoms.